The van der Waals surface area contributed by atoms with Gasteiger partial charge < -0.3 is 0 Å². The summed E-state index contributed by atoms with van der Waals surface area (Å²) in [5.41, 5.74) is 5.44. The second kappa shape index (κ2) is 3.76. The van der Waals surface area contributed by atoms with Gasteiger partial charge in [0.1, 0.15) is 0 Å². The van der Waals surface area contributed by atoms with Crippen LogP contribution in [0.25, 0.3) is 21.9 Å². The number of pyridine rings is 1. The molecule has 2 heteroatoms. The Kier molecular flexibility index (Phi) is 2.14. The van der Waals surface area contributed by atoms with Gasteiger partial charge in [0.05, 0.1) is 5.56 Å². The second-order valence-corrected chi connectivity index (χ2v) is 5.31. The maximum absolute atomic E-state index is 12.8. The lowest BCUT2D eigenvalue weighted by molar-refractivity contribution is 0.104. The molecule has 96 valence electrons. The molecule has 4 rings (SSSR count). The molecule has 0 saturated carbocycles. The van der Waals surface area contributed by atoms with Crippen LogP contribution in [0.15, 0.2) is 42.5 Å². The summed E-state index contributed by atoms with van der Waals surface area (Å²) in [6.45, 7) is 3.88. The molecule has 0 bridgehead atoms. The molecule has 1 aliphatic rings. The lowest BCUT2D eigenvalue weighted by Gasteiger charge is -2.04. The van der Waals surface area contributed by atoms with E-state index in [1.165, 1.54) is 0 Å². The monoisotopic (exact) mass is 259 g/mol. The Labute approximate surface area is 117 Å². The third-order valence-electron chi connectivity index (χ3n) is 4.00. The van der Waals surface area contributed by atoms with Gasteiger partial charge in [-0.1, -0.05) is 36.4 Å². The number of rotatable bonds is 0. The number of hydrogen-bond acceptors (Lipinski definition) is 2. The van der Waals surface area contributed by atoms with Crippen molar-refractivity contribution in [1.82, 2.24) is 4.98 Å². The predicted octanol–water partition coefficient (Wildman–Crippen LogP) is 4.06. The van der Waals surface area contributed by atoms with Crippen molar-refractivity contribution in [2.24, 2.45) is 0 Å². The molecule has 0 N–H and O–H groups in total. The minimum atomic E-state index is 0.108. The minimum Gasteiger partial charge on any atom is -0.288 e. The van der Waals surface area contributed by atoms with Crippen LogP contribution in [0.4, 0.5) is 0 Å². The standard InChI is InChI=1S/C18H13NO/c1-10-9-15-14-8-7-12-5-3-4-6-13(12)17(14)18(20)16(15)11(2)19-10/h3-9H,1-2H3. The summed E-state index contributed by atoms with van der Waals surface area (Å²) in [6.07, 6.45) is 0. The minimum absolute atomic E-state index is 0.108. The first-order valence-corrected chi connectivity index (χ1v) is 6.72. The number of nitrogens with zero attached hydrogens (tertiary/aromatic N) is 1. The van der Waals surface area contributed by atoms with Crippen molar-refractivity contribution in [3.8, 4) is 11.1 Å². The van der Waals surface area contributed by atoms with Crippen LogP contribution in [0, 0.1) is 13.8 Å². The molecule has 20 heavy (non-hydrogen) atoms. The Morgan fingerprint density at radius 1 is 0.900 bits per heavy atom. The number of fused-ring (bicyclic) bond motifs is 5. The lowest BCUT2D eigenvalue weighted by Crippen LogP contribution is -2.01. The molecule has 0 amide bonds. The number of ketones is 1. The van der Waals surface area contributed by atoms with Crippen LogP contribution in [0.3, 0.4) is 0 Å². The molecular weight excluding hydrogens is 246 g/mol. The summed E-state index contributed by atoms with van der Waals surface area (Å²) in [5, 5.41) is 2.14. The van der Waals surface area contributed by atoms with E-state index in [9.17, 15) is 4.79 Å². The fourth-order valence-corrected chi connectivity index (χ4v) is 3.19. The number of aryl methyl sites for hydroxylation is 2. The van der Waals surface area contributed by atoms with Crippen molar-refractivity contribution in [3.05, 3.63) is 65.0 Å². The number of carbonyl (C=O) groups excluding carboxylic acids is 1. The molecule has 0 aliphatic heterocycles. The Balaban J connectivity index is 2.17. The highest BCUT2D eigenvalue weighted by Crippen LogP contribution is 2.41. The zero-order chi connectivity index (χ0) is 13.9. The van der Waals surface area contributed by atoms with E-state index in [0.717, 1.165) is 44.4 Å². The van der Waals surface area contributed by atoms with Gasteiger partial charge in [-0.05, 0) is 41.8 Å². The van der Waals surface area contributed by atoms with Crippen LogP contribution in [-0.2, 0) is 0 Å². The quantitative estimate of drug-likeness (QED) is 0.476. The first-order valence-electron chi connectivity index (χ1n) is 6.72. The van der Waals surface area contributed by atoms with Gasteiger partial charge in [0, 0.05) is 17.0 Å². The molecule has 0 fully saturated rings. The van der Waals surface area contributed by atoms with Crippen LogP contribution >= 0.6 is 0 Å². The van der Waals surface area contributed by atoms with Gasteiger partial charge in [-0.2, -0.15) is 0 Å². The second-order valence-electron chi connectivity index (χ2n) is 5.31. The normalized spacial score (nSPS) is 12.6. The zero-order valence-corrected chi connectivity index (χ0v) is 11.4. The molecule has 2 nitrogen and oxygen atoms in total. The Bertz CT molecular complexity index is 893. The number of carbonyl (C=O) groups is 1. The van der Waals surface area contributed by atoms with E-state index in [-0.39, 0.29) is 5.78 Å². The number of hydrogen-bond donors (Lipinski definition) is 0. The van der Waals surface area contributed by atoms with Crippen LogP contribution in [0.2, 0.25) is 0 Å². The van der Waals surface area contributed by atoms with Crippen molar-refractivity contribution in [2.75, 3.05) is 0 Å². The SMILES string of the molecule is Cc1cc2c(c(C)n1)C(=O)c1c-2ccc2ccccc12. The van der Waals surface area contributed by atoms with Crippen LogP contribution in [0.5, 0.6) is 0 Å². The number of benzene rings is 2. The van der Waals surface area contributed by atoms with Gasteiger partial charge in [0.25, 0.3) is 0 Å². The van der Waals surface area contributed by atoms with Crippen molar-refractivity contribution < 1.29 is 4.79 Å². The van der Waals surface area contributed by atoms with Crippen molar-refractivity contribution in [3.63, 3.8) is 0 Å². The van der Waals surface area contributed by atoms with E-state index in [1.807, 2.05) is 44.2 Å². The largest absolute Gasteiger partial charge is 0.288 e. The van der Waals surface area contributed by atoms with Gasteiger partial charge >= 0.3 is 0 Å². The van der Waals surface area contributed by atoms with Gasteiger partial charge in [-0.25, -0.2) is 0 Å². The van der Waals surface area contributed by atoms with E-state index in [2.05, 4.69) is 17.1 Å². The summed E-state index contributed by atoms with van der Waals surface area (Å²) in [5.74, 6) is 0.108. The summed E-state index contributed by atoms with van der Waals surface area (Å²) in [6, 6.07) is 14.2. The third kappa shape index (κ3) is 1.33. The molecule has 0 saturated heterocycles. The average molecular weight is 259 g/mol. The van der Waals surface area contributed by atoms with Gasteiger partial charge in [-0.3, -0.25) is 9.78 Å². The molecule has 1 heterocycles. The topological polar surface area (TPSA) is 30.0 Å². The van der Waals surface area contributed by atoms with E-state index in [1.54, 1.807) is 0 Å². The molecule has 3 aromatic rings. The molecule has 0 atom stereocenters. The van der Waals surface area contributed by atoms with E-state index in [4.69, 9.17) is 0 Å². The molecular formula is C18H13NO. The highest BCUT2D eigenvalue weighted by molar-refractivity contribution is 6.27. The van der Waals surface area contributed by atoms with E-state index >= 15 is 0 Å². The van der Waals surface area contributed by atoms with Crippen molar-refractivity contribution >= 4 is 16.6 Å². The van der Waals surface area contributed by atoms with E-state index < -0.39 is 0 Å². The maximum Gasteiger partial charge on any atom is 0.196 e. The Hall–Kier alpha value is -2.48. The summed E-state index contributed by atoms with van der Waals surface area (Å²) >= 11 is 0. The lowest BCUT2D eigenvalue weighted by atomic mass is 9.99. The Morgan fingerprint density at radius 3 is 2.55 bits per heavy atom. The molecule has 0 radical (unpaired) electrons. The van der Waals surface area contributed by atoms with Gasteiger partial charge in [-0.15, -0.1) is 0 Å². The predicted molar refractivity (Wildman–Crippen MR) is 80.1 cm³/mol. The van der Waals surface area contributed by atoms with Gasteiger partial charge in [0.2, 0.25) is 0 Å². The first-order chi connectivity index (χ1) is 9.66. The fraction of sp³-hybridized carbons (Fsp3) is 0.111. The van der Waals surface area contributed by atoms with Gasteiger partial charge in [0.15, 0.2) is 5.78 Å². The molecule has 0 unspecified atom stereocenters. The maximum atomic E-state index is 12.8. The fourth-order valence-electron chi connectivity index (χ4n) is 3.19. The van der Waals surface area contributed by atoms with Crippen LogP contribution < -0.4 is 0 Å². The van der Waals surface area contributed by atoms with E-state index in [0.29, 0.717) is 0 Å². The molecule has 1 aliphatic carbocycles. The summed E-state index contributed by atoms with van der Waals surface area (Å²) < 4.78 is 0. The van der Waals surface area contributed by atoms with Crippen molar-refractivity contribution in [2.45, 2.75) is 13.8 Å². The summed E-state index contributed by atoms with van der Waals surface area (Å²) in [7, 11) is 0. The molecule has 1 aromatic heterocycles. The molecule has 2 aromatic carbocycles. The Morgan fingerprint density at radius 2 is 1.70 bits per heavy atom. The smallest absolute Gasteiger partial charge is 0.196 e. The molecule has 0 spiro atoms. The highest BCUT2D eigenvalue weighted by atomic mass is 16.1. The first kappa shape index (κ1) is 11.4. The third-order valence-corrected chi connectivity index (χ3v) is 4.00. The van der Waals surface area contributed by atoms with Crippen LogP contribution in [0.1, 0.15) is 27.3 Å². The zero-order valence-electron chi connectivity index (χ0n) is 11.4. The summed E-state index contributed by atoms with van der Waals surface area (Å²) in [4.78, 5) is 17.2. The van der Waals surface area contributed by atoms with Crippen molar-refractivity contribution in [1.29, 1.82) is 0 Å². The number of aromatic nitrogens is 1. The average Bonchev–Trinajstić information content (AvgIpc) is 2.72. The van der Waals surface area contributed by atoms with Crippen LogP contribution in [-0.4, -0.2) is 10.8 Å². The highest BCUT2D eigenvalue weighted by Gasteiger charge is 2.30.